The van der Waals surface area contributed by atoms with E-state index in [4.69, 9.17) is 10.5 Å². The molecule has 128 valence electrons. The number of hydrogen-bond donors (Lipinski definition) is 2. The van der Waals surface area contributed by atoms with Crippen LogP contribution in [0.1, 0.15) is 66.7 Å². The van der Waals surface area contributed by atoms with Gasteiger partial charge in [-0.05, 0) is 43.9 Å². The van der Waals surface area contributed by atoms with Crippen molar-refractivity contribution in [3.05, 3.63) is 0 Å². The van der Waals surface area contributed by atoms with Gasteiger partial charge in [0.25, 0.3) is 0 Å². The Labute approximate surface area is 135 Å². The van der Waals surface area contributed by atoms with Crippen LogP contribution in [0.5, 0.6) is 0 Å². The molecule has 0 aromatic carbocycles. The fourth-order valence-corrected chi connectivity index (χ4v) is 3.88. The van der Waals surface area contributed by atoms with Crippen molar-refractivity contribution >= 4 is 5.91 Å². The summed E-state index contributed by atoms with van der Waals surface area (Å²) in [5, 5.41) is 3.12. The van der Waals surface area contributed by atoms with Gasteiger partial charge in [-0.25, -0.2) is 0 Å². The number of carbonyl (C=O) groups excluding carboxylic acids is 1. The molecule has 0 spiro atoms. The van der Waals surface area contributed by atoms with Gasteiger partial charge >= 0.3 is 0 Å². The number of hydrogen-bond acceptors (Lipinski definition) is 3. The van der Waals surface area contributed by atoms with E-state index in [0.29, 0.717) is 24.4 Å². The van der Waals surface area contributed by atoms with E-state index >= 15 is 0 Å². The number of amides is 1. The SMILES string of the molecule is CCOC1CC(N)(C(=O)NCC2CCC(C)(C)CC2)C1(C)C. The number of nitrogens with one attached hydrogen (secondary N) is 1. The lowest BCUT2D eigenvalue weighted by Gasteiger charge is -2.57. The van der Waals surface area contributed by atoms with Crippen LogP contribution in [0.3, 0.4) is 0 Å². The number of carbonyl (C=O) groups is 1. The Hall–Kier alpha value is -0.610. The van der Waals surface area contributed by atoms with Crippen molar-refractivity contribution < 1.29 is 9.53 Å². The van der Waals surface area contributed by atoms with Crippen LogP contribution in [0.25, 0.3) is 0 Å². The first kappa shape index (κ1) is 17.7. The van der Waals surface area contributed by atoms with Gasteiger partial charge in [-0.15, -0.1) is 0 Å². The second-order valence-electron chi connectivity index (χ2n) is 8.66. The van der Waals surface area contributed by atoms with Crippen molar-refractivity contribution in [2.24, 2.45) is 22.5 Å². The third-order valence-corrected chi connectivity index (χ3v) is 6.25. The molecule has 0 bridgehead atoms. The summed E-state index contributed by atoms with van der Waals surface area (Å²) in [6.45, 7) is 12.2. The largest absolute Gasteiger partial charge is 0.378 e. The molecule has 1 amide bonds. The molecule has 2 rings (SSSR count). The van der Waals surface area contributed by atoms with Crippen LogP contribution in [-0.2, 0) is 9.53 Å². The molecular formula is C18H34N2O2. The zero-order chi connectivity index (χ0) is 16.6. The lowest BCUT2D eigenvalue weighted by molar-refractivity contribution is -0.170. The summed E-state index contributed by atoms with van der Waals surface area (Å²) < 4.78 is 5.70. The van der Waals surface area contributed by atoms with Crippen molar-refractivity contribution in [2.45, 2.75) is 78.4 Å². The highest BCUT2D eigenvalue weighted by Gasteiger charge is 2.62. The first-order valence-corrected chi connectivity index (χ1v) is 8.81. The summed E-state index contributed by atoms with van der Waals surface area (Å²) >= 11 is 0. The summed E-state index contributed by atoms with van der Waals surface area (Å²) in [6.07, 6.45) is 5.62. The summed E-state index contributed by atoms with van der Waals surface area (Å²) in [5.74, 6) is 0.602. The highest BCUT2D eigenvalue weighted by atomic mass is 16.5. The second-order valence-corrected chi connectivity index (χ2v) is 8.66. The molecule has 4 heteroatoms. The van der Waals surface area contributed by atoms with E-state index in [2.05, 4.69) is 19.2 Å². The fraction of sp³-hybridized carbons (Fsp3) is 0.944. The molecule has 0 heterocycles. The molecule has 2 fully saturated rings. The number of ether oxygens (including phenoxy) is 1. The third kappa shape index (κ3) is 3.18. The maximum absolute atomic E-state index is 12.6. The minimum atomic E-state index is -0.791. The zero-order valence-electron chi connectivity index (χ0n) is 15.0. The minimum Gasteiger partial charge on any atom is -0.378 e. The molecule has 0 radical (unpaired) electrons. The summed E-state index contributed by atoms with van der Waals surface area (Å²) in [7, 11) is 0. The molecule has 22 heavy (non-hydrogen) atoms. The Balaban J connectivity index is 1.83. The highest BCUT2D eigenvalue weighted by molar-refractivity contribution is 5.88. The third-order valence-electron chi connectivity index (χ3n) is 6.25. The van der Waals surface area contributed by atoms with Gasteiger partial charge in [0.1, 0.15) is 5.54 Å². The van der Waals surface area contributed by atoms with Crippen molar-refractivity contribution in [3.8, 4) is 0 Å². The van der Waals surface area contributed by atoms with Crippen molar-refractivity contribution in [2.75, 3.05) is 13.2 Å². The van der Waals surface area contributed by atoms with Gasteiger partial charge in [0.05, 0.1) is 6.10 Å². The van der Waals surface area contributed by atoms with Gasteiger partial charge in [0.15, 0.2) is 0 Å². The Kier molecular flexibility index (Phi) is 4.94. The van der Waals surface area contributed by atoms with E-state index in [0.717, 1.165) is 6.54 Å². The zero-order valence-corrected chi connectivity index (χ0v) is 15.0. The Bertz CT molecular complexity index is 409. The molecule has 2 atom stereocenters. The Morgan fingerprint density at radius 3 is 2.32 bits per heavy atom. The minimum absolute atomic E-state index is 0.00159. The average molecular weight is 310 g/mol. The molecule has 0 aromatic rings. The maximum Gasteiger partial charge on any atom is 0.240 e. The number of nitrogens with two attached hydrogens (primary N) is 1. The smallest absolute Gasteiger partial charge is 0.240 e. The van der Waals surface area contributed by atoms with Crippen LogP contribution >= 0.6 is 0 Å². The molecule has 2 aliphatic rings. The lowest BCUT2D eigenvalue weighted by Crippen LogP contribution is -2.75. The van der Waals surface area contributed by atoms with E-state index < -0.39 is 5.54 Å². The van der Waals surface area contributed by atoms with Crippen LogP contribution in [0.2, 0.25) is 0 Å². The van der Waals surface area contributed by atoms with Crippen LogP contribution in [0.4, 0.5) is 0 Å². The molecule has 2 aliphatic carbocycles. The van der Waals surface area contributed by atoms with E-state index in [9.17, 15) is 4.79 Å². The lowest BCUT2D eigenvalue weighted by atomic mass is 9.54. The summed E-state index contributed by atoms with van der Waals surface area (Å²) in [5.41, 5.74) is 5.79. The standard InChI is InChI=1S/C18H34N2O2/c1-6-22-14-11-18(19,17(14,4)5)15(21)20-12-13-7-9-16(2,3)10-8-13/h13-14H,6-12,19H2,1-5H3,(H,20,21). The van der Waals surface area contributed by atoms with Crippen LogP contribution in [0, 0.1) is 16.7 Å². The predicted molar refractivity (Wildman–Crippen MR) is 89.5 cm³/mol. The average Bonchev–Trinajstić information content (AvgIpc) is 2.45. The molecule has 2 unspecified atom stereocenters. The van der Waals surface area contributed by atoms with Crippen LogP contribution < -0.4 is 11.1 Å². The van der Waals surface area contributed by atoms with Crippen molar-refractivity contribution in [1.82, 2.24) is 5.32 Å². The molecule has 4 nitrogen and oxygen atoms in total. The van der Waals surface area contributed by atoms with Gasteiger partial charge in [0.2, 0.25) is 5.91 Å². The Morgan fingerprint density at radius 1 is 1.23 bits per heavy atom. The van der Waals surface area contributed by atoms with E-state index in [-0.39, 0.29) is 17.4 Å². The van der Waals surface area contributed by atoms with E-state index in [1.807, 2.05) is 20.8 Å². The van der Waals surface area contributed by atoms with Gasteiger partial charge in [-0.2, -0.15) is 0 Å². The van der Waals surface area contributed by atoms with Crippen molar-refractivity contribution in [1.29, 1.82) is 0 Å². The first-order chi connectivity index (χ1) is 10.1. The Morgan fingerprint density at radius 2 is 1.82 bits per heavy atom. The molecule has 2 saturated carbocycles. The number of rotatable bonds is 5. The fourth-order valence-electron chi connectivity index (χ4n) is 3.88. The van der Waals surface area contributed by atoms with Gasteiger partial charge < -0.3 is 15.8 Å². The highest BCUT2D eigenvalue weighted by Crippen LogP contribution is 2.49. The maximum atomic E-state index is 12.6. The van der Waals surface area contributed by atoms with E-state index in [1.54, 1.807) is 0 Å². The first-order valence-electron chi connectivity index (χ1n) is 8.81. The molecular weight excluding hydrogens is 276 g/mol. The van der Waals surface area contributed by atoms with Gasteiger partial charge in [0, 0.05) is 25.0 Å². The quantitative estimate of drug-likeness (QED) is 0.820. The van der Waals surface area contributed by atoms with Crippen LogP contribution in [-0.4, -0.2) is 30.7 Å². The molecule has 0 aromatic heterocycles. The molecule has 3 N–H and O–H groups in total. The second kappa shape index (κ2) is 6.12. The molecule has 0 aliphatic heterocycles. The van der Waals surface area contributed by atoms with Gasteiger partial charge in [-0.1, -0.05) is 27.7 Å². The van der Waals surface area contributed by atoms with Gasteiger partial charge in [-0.3, -0.25) is 4.79 Å². The summed E-state index contributed by atoms with van der Waals surface area (Å²) in [4.78, 5) is 12.6. The van der Waals surface area contributed by atoms with Crippen LogP contribution in [0.15, 0.2) is 0 Å². The predicted octanol–water partition coefficient (Wildman–Crippen LogP) is 2.85. The molecule has 0 saturated heterocycles. The van der Waals surface area contributed by atoms with E-state index in [1.165, 1.54) is 25.7 Å². The monoisotopic (exact) mass is 310 g/mol. The van der Waals surface area contributed by atoms with Crippen molar-refractivity contribution in [3.63, 3.8) is 0 Å². The topological polar surface area (TPSA) is 64.3 Å². The summed E-state index contributed by atoms with van der Waals surface area (Å²) in [6, 6.07) is 0. The normalized spacial score (nSPS) is 34.0.